The van der Waals surface area contributed by atoms with Crippen molar-refractivity contribution in [2.45, 2.75) is 31.2 Å². The summed E-state index contributed by atoms with van der Waals surface area (Å²) >= 11 is 1.43. The number of carbonyl (C=O) groups excluding carboxylic acids is 1. The Balaban J connectivity index is 1.22. The average molecular weight is 457 g/mol. The van der Waals surface area contributed by atoms with E-state index in [1.54, 1.807) is 19.3 Å². The maximum absolute atomic E-state index is 13.5. The van der Waals surface area contributed by atoms with Gasteiger partial charge in [0.15, 0.2) is 5.01 Å². The molecule has 1 amide bonds. The van der Waals surface area contributed by atoms with E-state index in [2.05, 4.69) is 30.1 Å². The lowest BCUT2D eigenvalue weighted by molar-refractivity contribution is 0.0962. The first-order valence-corrected chi connectivity index (χ1v) is 11.7. The number of halogens is 1. The highest BCUT2D eigenvalue weighted by molar-refractivity contribution is 7.17. The topological polar surface area (TPSA) is 94.2 Å². The number of hydrogen-bond acceptors (Lipinski definition) is 7. The second kappa shape index (κ2) is 8.59. The zero-order valence-corrected chi connectivity index (χ0v) is 18.6. The summed E-state index contributed by atoms with van der Waals surface area (Å²) in [6, 6.07) is 4.61. The zero-order valence-electron chi connectivity index (χ0n) is 17.8. The van der Waals surface area contributed by atoms with Gasteiger partial charge in [-0.15, -0.1) is 0 Å². The molecule has 2 aromatic heterocycles. The van der Waals surface area contributed by atoms with Crippen LogP contribution in [0.5, 0.6) is 0 Å². The van der Waals surface area contributed by atoms with Crippen LogP contribution in [-0.2, 0) is 0 Å². The van der Waals surface area contributed by atoms with Crippen molar-refractivity contribution in [3.63, 3.8) is 0 Å². The third kappa shape index (κ3) is 4.00. The number of aromatic amines is 1. The Bertz CT molecular complexity index is 1200. The maximum Gasteiger partial charge on any atom is 0.280 e. The van der Waals surface area contributed by atoms with Gasteiger partial charge in [0.05, 0.1) is 17.1 Å². The first kappa shape index (κ1) is 21.0. The van der Waals surface area contributed by atoms with Crippen LogP contribution in [0.4, 0.5) is 9.39 Å². The molecule has 8 nitrogen and oxygen atoms in total. The molecule has 1 aliphatic carbocycles. The molecule has 1 aliphatic heterocycles. The number of thiazole rings is 1. The number of H-pyrrole nitrogens is 1. The lowest BCUT2D eigenvalue weighted by Gasteiger charge is -2.38. The van der Waals surface area contributed by atoms with E-state index in [-0.39, 0.29) is 17.4 Å². The predicted molar refractivity (Wildman–Crippen MR) is 122 cm³/mol. The van der Waals surface area contributed by atoms with Crippen molar-refractivity contribution in [2.24, 2.45) is 0 Å². The number of nitrogens with zero attached hydrogens (tertiary/aromatic N) is 4. The minimum atomic E-state index is -0.430. The van der Waals surface area contributed by atoms with Crippen molar-refractivity contribution in [3.8, 4) is 0 Å². The number of piperazine rings is 1. The number of aromatic nitrogens is 3. The molecule has 1 aromatic carbocycles. The number of hydrogen-bond donors (Lipinski definition) is 2. The summed E-state index contributed by atoms with van der Waals surface area (Å²) in [5.74, 6) is 0.335. The molecule has 2 atom stereocenters. The Kier molecular flexibility index (Phi) is 5.64. The van der Waals surface area contributed by atoms with Crippen LogP contribution >= 0.6 is 11.3 Å². The zero-order chi connectivity index (χ0) is 22.2. The van der Waals surface area contributed by atoms with Gasteiger partial charge in [0.1, 0.15) is 16.6 Å². The number of carbonyl (C=O) groups is 1. The molecule has 1 saturated heterocycles. The molecule has 10 heteroatoms. The Morgan fingerprint density at radius 1 is 1.25 bits per heavy atom. The molecule has 2 fully saturated rings. The van der Waals surface area contributed by atoms with Crippen molar-refractivity contribution in [1.29, 1.82) is 0 Å². The average Bonchev–Trinajstić information content (AvgIpc) is 3.49. The van der Waals surface area contributed by atoms with Crippen LogP contribution in [-0.4, -0.2) is 65.0 Å². The molecule has 2 N–H and O–H groups in total. The first-order valence-electron chi connectivity index (χ1n) is 10.9. The van der Waals surface area contributed by atoms with Crippen LogP contribution in [0.1, 0.15) is 40.8 Å². The number of amides is 1. The summed E-state index contributed by atoms with van der Waals surface area (Å²) in [6.45, 7) is 3.69. The van der Waals surface area contributed by atoms with Crippen molar-refractivity contribution < 1.29 is 9.18 Å². The van der Waals surface area contributed by atoms with Gasteiger partial charge >= 0.3 is 0 Å². The van der Waals surface area contributed by atoms with E-state index in [0.717, 1.165) is 50.4 Å². The highest BCUT2D eigenvalue weighted by atomic mass is 32.1. The van der Waals surface area contributed by atoms with Crippen LogP contribution in [0.2, 0.25) is 0 Å². The van der Waals surface area contributed by atoms with Crippen LogP contribution in [0.3, 0.4) is 0 Å². The fraction of sp³-hybridized carbons (Fsp3) is 0.455. The molecule has 2 aliphatic rings. The Hall–Kier alpha value is -2.85. The largest absolute Gasteiger partial charge is 0.360 e. The van der Waals surface area contributed by atoms with Crippen LogP contribution in [0.25, 0.3) is 10.9 Å². The van der Waals surface area contributed by atoms with Crippen molar-refractivity contribution >= 4 is 33.1 Å². The maximum atomic E-state index is 13.5. The number of fused-ring (bicyclic) bond motifs is 1. The highest BCUT2D eigenvalue weighted by Crippen LogP contribution is 2.36. The molecule has 3 aromatic rings. The van der Waals surface area contributed by atoms with Gasteiger partial charge in [-0.1, -0.05) is 11.3 Å². The molecule has 32 heavy (non-hydrogen) atoms. The Morgan fingerprint density at radius 3 is 2.84 bits per heavy atom. The van der Waals surface area contributed by atoms with Gasteiger partial charge in [0, 0.05) is 45.2 Å². The number of rotatable bonds is 4. The second-order valence-electron chi connectivity index (χ2n) is 8.38. The van der Waals surface area contributed by atoms with Crippen molar-refractivity contribution in [3.05, 3.63) is 51.4 Å². The number of nitrogens with one attached hydrogen (secondary N) is 2. The van der Waals surface area contributed by atoms with E-state index in [1.165, 1.54) is 23.5 Å². The van der Waals surface area contributed by atoms with Gasteiger partial charge in [-0.3, -0.25) is 14.5 Å². The molecule has 0 spiro atoms. The van der Waals surface area contributed by atoms with Crippen molar-refractivity contribution in [2.75, 3.05) is 38.1 Å². The summed E-state index contributed by atoms with van der Waals surface area (Å²) in [5, 5.41) is 4.43. The summed E-state index contributed by atoms with van der Waals surface area (Å²) in [5.41, 5.74) is 0.269. The van der Waals surface area contributed by atoms with Gasteiger partial charge in [-0.2, -0.15) is 0 Å². The van der Waals surface area contributed by atoms with Gasteiger partial charge in [0.25, 0.3) is 11.5 Å². The highest BCUT2D eigenvalue weighted by Gasteiger charge is 2.33. The summed E-state index contributed by atoms with van der Waals surface area (Å²) in [7, 11) is 1.61. The SMILES string of the molecule is CNC(=O)c1ncc(N2CCN([C@@H]3CC[C@@H](c4nc5ccc(F)cc5c(=O)[nH]4)C3)CC2)s1. The molecule has 1 saturated carbocycles. The predicted octanol–water partition coefficient (Wildman–Crippen LogP) is 2.34. The first-order chi connectivity index (χ1) is 15.5. The van der Waals surface area contributed by atoms with E-state index in [9.17, 15) is 14.0 Å². The molecular weight excluding hydrogens is 431 g/mol. The minimum Gasteiger partial charge on any atom is -0.360 e. The standard InChI is InChI=1S/C22H25FN6O2S/c1-24-21(31)22-25-12-18(32-22)29-8-6-28(7-9-29)15-4-2-13(10-15)19-26-17-5-3-14(23)11-16(17)20(30)27-19/h3,5,11-13,15H,2,4,6-10H2,1H3,(H,24,31)(H,26,27,30)/t13-,15-/m1/s1. The molecule has 168 valence electrons. The summed E-state index contributed by atoms with van der Waals surface area (Å²) < 4.78 is 13.5. The lowest BCUT2D eigenvalue weighted by Crippen LogP contribution is -2.49. The molecule has 0 radical (unpaired) electrons. The molecule has 0 bridgehead atoms. The number of benzene rings is 1. The van der Waals surface area contributed by atoms with Gasteiger partial charge in [0.2, 0.25) is 0 Å². The molecule has 3 heterocycles. The molecular formula is C22H25FN6O2S. The monoisotopic (exact) mass is 456 g/mol. The second-order valence-corrected chi connectivity index (χ2v) is 9.39. The van der Waals surface area contributed by atoms with Crippen LogP contribution in [0, 0.1) is 5.82 Å². The Labute approximate surface area is 188 Å². The van der Waals surface area contributed by atoms with Gasteiger partial charge < -0.3 is 15.2 Å². The van der Waals surface area contributed by atoms with E-state index in [0.29, 0.717) is 27.8 Å². The fourth-order valence-electron chi connectivity index (χ4n) is 4.79. The quantitative estimate of drug-likeness (QED) is 0.626. The Morgan fingerprint density at radius 2 is 2.06 bits per heavy atom. The van der Waals surface area contributed by atoms with E-state index < -0.39 is 5.82 Å². The normalized spacial score (nSPS) is 21.9. The molecule has 0 unspecified atom stereocenters. The van der Waals surface area contributed by atoms with E-state index >= 15 is 0 Å². The third-order valence-corrected chi connectivity index (χ3v) is 7.59. The third-order valence-electron chi connectivity index (χ3n) is 6.53. The lowest BCUT2D eigenvalue weighted by atomic mass is 10.1. The van der Waals surface area contributed by atoms with Crippen LogP contribution in [0.15, 0.2) is 29.2 Å². The number of anilines is 1. The van der Waals surface area contributed by atoms with E-state index in [4.69, 9.17) is 0 Å². The summed E-state index contributed by atoms with van der Waals surface area (Å²) in [4.78, 5) is 40.7. The van der Waals surface area contributed by atoms with Gasteiger partial charge in [-0.05, 0) is 37.5 Å². The van der Waals surface area contributed by atoms with E-state index in [1.807, 2.05) is 0 Å². The smallest absolute Gasteiger partial charge is 0.280 e. The van der Waals surface area contributed by atoms with Gasteiger partial charge in [-0.25, -0.2) is 14.4 Å². The molecule has 5 rings (SSSR count). The minimum absolute atomic E-state index is 0.151. The summed E-state index contributed by atoms with van der Waals surface area (Å²) in [6.07, 6.45) is 4.78. The van der Waals surface area contributed by atoms with Crippen molar-refractivity contribution in [1.82, 2.24) is 25.2 Å². The fourth-order valence-corrected chi connectivity index (χ4v) is 5.71. The van der Waals surface area contributed by atoms with Crippen LogP contribution < -0.4 is 15.8 Å².